The van der Waals surface area contributed by atoms with Gasteiger partial charge in [0.1, 0.15) is 6.10 Å². The molecule has 1 aliphatic carbocycles. The van der Waals surface area contributed by atoms with Gasteiger partial charge in [-0.25, -0.2) is 4.79 Å². The summed E-state index contributed by atoms with van der Waals surface area (Å²) in [6, 6.07) is 8.24. The topological polar surface area (TPSA) is 111 Å². The number of imide groups is 1. The largest absolute Gasteiger partial charge is 0.446 e. The monoisotopic (exact) mass is 415 g/mol. The van der Waals surface area contributed by atoms with Gasteiger partial charge in [-0.2, -0.15) is 0 Å². The first kappa shape index (κ1) is 22.1. The summed E-state index contributed by atoms with van der Waals surface area (Å²) in [6.07, 6.45) is 3.89. The lowest BCUT2D eigenvalue weighted by atomic mass is 9.73. The highest BCUT2D eigenvalue weighted by atomic mass is 16.6. The number of nitrogens with two attached hydrogens (primary N) is 1. The molecule has 1 heterocycles. The SMILES string of the molecule is CC(C)(C)[C@@H](OC(N)=O)C1CCC(Nc2cccc([C@@H]3CCC(=O)NC3=O)c2)CC1. The Morgan fingerprint density at radius 2 is 1.87 bits per heavy atom. The predicted molar refractivity (Wildman–Crippen MR) is 115 cm³/mol. The van der Waals surface area contributed by atoms with Crippen LogP contribution in [0.4, 0.5) is 10.5 Å². The van der Waals surface area contributed by atoms with Crippen LogP contribution in [0.5, 0.6) is 0 Å². The Hall–Kier alpha value is -2.57. The molecule has 0 spiro atoms. The molecule has 1 aromatic rings. The average Bonchev–Trinajstić information content (AvgIpc) is 2.66. The molecule has 3 amide bonds. The molecule has 1 aliphatic heterocycles. The van der Waals surface area contributed by atoms with Crippen molar-refractivity contribution in [3.05, 3.63) is 29.8 Å². The third-order valence-electron chi connectivity index (χ3n) is 6.20. The molecule has 1 saturated carbocycles. The summed E-state index contributed by atoms with van der Waals surface area (Å²) in [6.45, 7) is 6.22. The van der Waals surface area contributed by atoms with Crippen molar-refractivity contribution < 1.29 is 19.1 Å². The zero-order valence-corrected chi connectivity index (χ0v) is 18.1. The number of hydrogen-bond acceptors (Lipinski definition) is 5. The molecule has 30 heavy (non-hydrogen) atoms. The minimum atomic E-state index is -0.708. The molecule has 0 aromatic heterocycles. The fourth-order valence-corrected chi connectivity index (χ4v) is 4.76. The maximum atomic E-state index is 12.2. The van der Waals surface area contributed by atoms with Crippen molar-refractivity contribution in [2.75, 3.05) is 5.32 Å². The van der Waals surface area contributed by atoms with E-state index >= 15 is 0 Å². The van der Waals surface area contributed by atoms with Crippen LogP contribution in [-0.2, 0) is 14.3 Å². The number of hydrogen-bond donors (Lipinski definition) is 3. The Morgan fingerprint density at radius 3 is 2.47 bits per heavy atom. The van der Waals surface area contributed by atoms with Crippen LogP contribution < -0.4 is 16.4 Å². The minimum Gasteiger partial charge on any atom is -0.446 e. The first-order chi connectivity index (χ1) is 14.1. The highest BCUT2D eigenvalue weighted by Crippen LogP contribution is 2.38. The van der Waals surface area contributed by atoms with Gasteiger partial charge in [0.2, 0.25) is 11.8 Å². The smallest absolute Gasteiger partial charge is 0.404 e. The molecule has 0 radical (unpaired) electrons. The molecular weight excluding hydrogens is 382 g/mol. The van der Waals surface area contributed by atoms with E-state index in [4.69, 9.17) is 10.5 Å². The molecule has 0 bridgehead atoms. The molecule has 7 nitrogen and oxygen atoms in total. The summed E-state index contributed by atoms with van der Waals surface area (Å²) in [5, 5.41) is 6.02. The number of amides is 3. The van der Waals surface area contributed by atoms with Gasteiger partial charge in [0, 0.05) is 18.2 Å². The van der Waals surface area contributed by atoms with Gasteiger partial charge in [-0.1, -0.05) is 32.9 Å². The maximum Gasteiger partial charge on any atom is 0.404 e. The van der Waals surface area contributed by atoms with Crippen molar-refractivity contribution >= 4 is 23.6 Å². The molecule has 164 valence electrons. The van der Waals surface area contributed by atoms with Gasteiger partial charge in [-0.05, 0) is 61.1 Å². The Bertz CT molecular complexity index is 794. The normalized spacial score (nSPS) is 25.9. The molecule has 7 heteroatoms. The standard InChI is InChI=1S/C23H33N3O4/c1-23(2,3)20(30-22(24)29)14-7-9-16(10-8-14)25-17-6-4-5-15(13-17)18-11-12-19(27)26-21(18)28/h4-6,13-14,16,18,20,25H,7-12H2,1-3H3,(H2,24,29)(H,26,27,28)/t14?,16?,18-,20-/m0/s1. The number of ether oxygens (including phenoxy) is 1. The van der Waals surface area contributed by atoms with Crippen LogP contribution in [0.1, 0.15) is 70.8 Å². The summed E-state index contributed by atoms with van der Waals surface area (Å²) >= 11 is 0. The highest BCUT2D eigenvalue weighted by Gasteiger charge is 2.37. The first-order valence-electron chi connectivity index (χ1n) is 10.8. The van der Waals surface area contributed by atoms with E-state index < -0.39 is 6.09 Å². The van der Waals surface area contributed by atoms with Gasteiger partial charge in [-0.3, -0.25) is 14.9 Å². The summed E-state index contributed by atoms with van der Waals surface area (Å²) in [5.41, 5.74) is 7.06. The van der Waals surface area contributed by atoms with Gasteiger partial charge in [0.25, 0.3) is 0 Å². The molecule has 0 unspecified atom stereocenters. The summed E-state index contributed by atoms with van der Waals surface area (Å²) in [7, 11) is 0. The summed E-state index contributed by atoms with van der Waals surface area (Å²) in [5.74, 6) is -0.396. The Labute approximate surface area is 178 Å². The van der Waals surface area contributed by atoms with Crippen LogP contribution in [0.25, 0.3) is 0 Å². The van der Waals surface area contributed by atoms with Crippen LogP contribution in [0.15, 0.2) is 24.3 Å². The van der Waals surface area contributed by atoms with Crippen molar-refractivity contribution in [1.29, 1.82) is 0 Å². The first-order valence-corrected chi connectivity index (χ1v) is 10.8. The van der Waals surface area contributed by atoms with Crippen LogP contribution in [0, 0.1) is 11.3 Å². The number of nitrogens with one attached hydrogen (secondary N) is 2. The van der Waals surface area contributed by atoms with Gasteiger partial charge in [0.05, 0.1) is 5.92 Å². The predicted octanol–water partition coefficient (Wildman–Crippen LogP) is 3.69. The highest BCUT2D eigenvalue weighted by molar-refractivity contribution is 6.01. The van der Waals surface area contributed by atoms with E-state index in [0.29, 0.717) is 24.8 Å². The summed E-state index contributed by atoms with van der Waals surface area (Å²) in [4.78, 5) is 34.9. The average molecular weight is 416 g/mol. The van der Waals surface area contributed by atoms with Crippen LogP contribution in [-0.4, -0.2) is 30.1 Å². The molecular formula is C23H33N3O4. The van der Waals surface area contributed by atoms with Crippen molar-refractivity contribution in [2.45, 2.75) is 77.4 Å². The van der Waals surface area contributed by atoms with Crippen LogP contribution in [0.3, 0.4) is 0 Å². The van der Waals surface area contributed by atoms with Crippen molar-refractivity contribution in [2.24, 2.45) is 17.1 Å². The lowest BCUT2D eigenvalue weighted by Crippen LogP contribution is -2.42. The third-order valence-corrected chi connectivity index (χ3v) is 6.20. The van der Waals surface area contributed by atoms with Crippen LogP contribution >= 0.6 is 0 Å². The number of anilines is 1. The number of rotatable bonds is 5. The van der Waals surface area contributed by atoms with E-state index in [1.165, 1.54) is 0 Å². The van der Waals surface area contributed by atoms with E-state index in [-0.39, 0.29) is 29.3 Å². The minimum absolute atomic E-state index is 0.157. The van der Waals surface area contributed by atoms with E-state index in [0.717, 1.165) is 36.9 Å². The van der Waals surface area contributed by atoms with Crippen molar-refractivity contribution in [1.82, 2.24) is 5.32 Å². The fraction of sp³-hybridized carbons (Fsp3) is 0.609. The molecule has 2 atom stereocenters. The molecule has 1 saturated heterocycles. The Balaban J connectivity index is 1.59. The van der Waals surface area contributed by atoms with E-state index in [9.17, 15) is 14.4 Å². The van der Waals surface area contributed by atoms with E-state index in [2.05, 4.69) is 31.4 Å². The molecule has 1 aromatic carbocycles. The maximum absolute atomic E-state index is 12.2. The number of benzene rings is 1. The van der Waals surface area contributed by atoms with Crippen molar-refractivity contribution in [3.8, 4) is 0 Å². The molecule has 2 fully saturated rings. The second kappa shape index (κ2) is 9.06. The third kappa shape index (κ3) is 5.52. The van der Waals surface area contributed by atoms with Gasteiger partial charge in [-0.15, -0.1) is 0 Å². The second-order valence-corrected chi connectivity index (χ2v) is 9.61. The lowest BCUT2D eigenvalue weighted by Gasteiger charge is -2.39. The van der Waals surface area contributed by atoms with Gasteiger partial charge < -0.3 is 15.8 Å². The summed E-state index contributed by atoms with van der Waals surface area (Å²) < 4.78 is 5.46. The Kier molecular flexibility index (Phi) is 6.68. The number of piperidine rings is 1. The van der Waals surface area contributed by atoms with Gasteiger partial charge >= 0.3 is 6.09 Å². The molecule has 4 N–H and O–H groups in total. The van der Waals surface area contributed by atoms with E-state index in [1.807, 2.05) is 24.3 Å². The molecule has 2 aliphatic rings. The van der Waals surface area contributed by atoms with Crippen LogP contribution in [0.2, 0.25) is 0 Å². The zero-order chi connectivity index (χ0) is 21.9. The lowest BCUT2D eigenvalue weighted by molar-refractivity contribution is -0.134. The number of carbonyl (C=O) groups excluding carboxylic acids is 3. The fourth-order valence-electron chi connectivity index (χ4n) is 4.76. The number of carbonyl (C=O) groups is 3. The number of primary amides is 1. The van der Waals surface area contributed by atoms with Crippen molar-refractivity contribution in [3.63, 3.8) is 0 Å². The van der Waals surface area contributed by atoms with Gasteiger partial charge in [0.15, 0.2) is 0 Å². The quantitative estimate of drug-likeness (QED) is 0.635. The second-order valence-electron chi connectivity index (χ2n) is 9.61. The zero-order valence-electron chi connectivity index (χ0n) is 18.1. The Morgan fingerprint density at radius 1 is 1.17 bits per heavy atom. The van der Waals surface area contributed by atoms with E-state index in [1.54, 1.807) is 0 Å². The molecule has 3 rings (SSSR count).